The molecule has 140 valence electrons. The third-order valence-electron chi connectivity index (χ3n) is 4.21. The first-order valence-corrected chi connectivity index (χ1v) is 9.66. The van der Waals surface area contributed by atoms with Crippen molar-refractivity contribution in [3.63, 3.8) is 0 Å². The lowest BCUT2D eigenvalue weighted by molar-refractivity contribution is -0.153. The molecule has 5 nitrogen and oxygen atoms in total. The number of rotatable bonds is 6. The van der Waals surface area contributed by atoms with E-state index in [1.165, 1.54) is 0 Å². The van der Waals surface area contributed by atoms with E-state index in [0.717, 1.165) is 32.0 Å². The number of aromatic nitrogens is 1. The number of nitrogens with one attached hydrogen (secondary N) is 1. The Hall–Kier alpha value is -2.73. The van der Waals surface area contributed by atoms with Crippen LogP contribution in [0.2, 0.25) is 0 Å². The van der Waals surface area contributed by atoms with Gasteiger partial charge in [-0.15, -0.1) is 11.3 Å². The van der Waals surface area contributed by atoms with Crippen molar-refractivity contribution in [3.8, 4) is 0 Å². The Labute approximate surface area is 162 Å². The third-order valence-corrected chi connectivity index (χ3v) is 5.31. The number of nitrogens with zero attached hydrogens (tertiary/aromatic N) is 1. The lowest BCUT2D eigenvalue weighted by atomic mass is 10.1. The van der Waals surface area contributed by atoms with Crippen LogP contribution < -0.4 is 5.32 Å². The number of hydrogen-bond donors (Lipinski definition) is 1. The molecule has 27 heavy (non-hydrogen) atoms. The predicted molar refractivity (Wildman–Crippen MR) is 108 cm³/mol. The second-order valence-corrected chi connectivity index (χ2v) is 7.63. The molecule has 3 aromatic rings. The molecule has 0 fully saturated rings. The Morgan fingerprint density at radius 3 is 2.74 bits per heavy atom. The molecule has 1 amide bonds. The average Bonchev–Trinajstić information content (AvgIpc) is 3.06. The van der Waals surface area contributed by atoms with Crippen LogP contribution in [0.25, 0.3) is 10.2 Å². The van der Waals surface area contributed by atoms with Gasteiger partial charge in [-0.1, -0.05) is 24.3 Å². The van der Waals surface area contributed by atoms with E-state index in [1.807, 2.05) is 56.3 Å². The highest BCUT2D eigenvalue weighted by molar-refractivity contribution is 7.18. The minimum atomic E-state index is -0.854. The van der Waals surface area contributed by atoms with E-state index >= 15 is 0 Å². The number of carbonyl (C=O) groups is 2. The van der Waals surface area contributed by atoms with Crippen molar-refractivity contribution < 1.29 is 14.3 Å². The van der Waals surface area contributed by atoms with E-state index < -0.39 is 12.1 Å². The van der Waals surface area contributed by atoms with Crippen molar-refractivity contribution in [1.82, 2.24) is 4.98 Å². The van der Waals surface area contributed by atoms with E-state index in [0.29, 0.717) is 6.42 Å². The summed E-state index contributed by atoms with van der Waals surface area (Å²) in [5.41, 5.74) is 3.68. The Bertz CT molecular complexity index is 947. The van der Waals surface area contributed by atoms with Crippen molar-refractivity contribution in [2.24, 2.45) is 0 Å². The number of para-hydroxylation sites is 1. The molecule has 3 rings (SSSR count). The topological polar surface area (TPSA) is 68.3 Å². The number of fused-ring (bicyclic) bond motifs is 1. The monoisotopic (exact) mass is 382 g/mol. The maximum Gasteiger partial charge on any atom is 0.306 e. The highest BCUT2D eigenvalue weighted by atomic mass is 32.1. The summed E-state index contributed by atoms with van der Waals surface area (Å²) in [7, 11) is 0. The van der Waals surface area contributed by atoms with E-state index in [4.69, 9.17) is 4.74 Å². The fraction of sp³-hybridized carbons (Fsp3) is 0.286. The molecule has 6 heteroatoms. The molecule has 0 radical (unpaired) electrons. The predicted octanol–water partition coefficient (Wildman–Crippen LogP) is 4.42. The smallest absolute Gasteiger partial charge is 0.306 e. The molecule has 0 spiro atoms. The largest absolute Gasteiger partial charge is 0.453 e. The lowest BCUT2D eigenvalue weighted by Crippen LogP contribution is -2.30. The first kappa shape index (κ1) is 19.0. The molecule has 1 atom stereocenters. The number of benzene rings is 2. The molecule has 0 bridgehead atoms. The molecule has 1 N–H and O–H groups in total. The Morgan fingerprint density at radius 1 is 1.19 bits per heavy atom. The molecule has 0 saturated heterocycles. The summed E-state index contributed by atoms with van der Waals surface area (Å²) in [4.78, 5) is 28.9. The summed E-state index contributed by atoms with van der Waals surface area (Å²) in [6.45, 7) is 5.46. The van der Waals surface area contributed by atoms with Crippen molar-refractivity contribution in [2.75, 3.05) is 5.32 Å². The van der Waals surface area contributed by atoms with Gasteiger partial charge < -0.3 is 10.1 Å². The van der Waals surface area contributed by atoms with Crippen molar-refractivity contribution in [2.45, 2.75) is 39.7 Å². The lowest BCUT2D eigenvalue weighted by Gasteiger charge is -2.15. The van der Waals surface area contributed by atoms with E-state index in [9.17, 15) is 9.59 Å². The summed E-state index contributed by atoms with van der Waals surface area (Å²) in [6.07, 6.45) is -0.155. The minimum Gasteiger partial charge on any atom is -0.453 e. The zero-order valence-corrected chi connectivity index (χ0v) is 16.4. The van der Waals surface area contributed by atoms with Gasteiger partial charge in [0.05, 0.1) is 21.6 Å². The van der Waals surface area contributed by atoms with Gasteiger partial charge in [0.25, 0.3) is 5.91 Å². The molecule has 0 aliphatic rings. The Kier molecular flexibility index (Phi) is 5.86. The molecule has 1 aromatic heterocycles. The van der Waals surface area contributed by atoms with Crippen LogP contribution in [-0.2, 0) is 20.7 Å². The zero-order chi connectivity index (χ0) is 19.4. The van der Waals surface area contributed by atoms with Crippen molar-refractivity contribution in [1.29, 1.82) is 0 Å². The van der Waals surface area contributed by atoms with Crippen LogP contribution in [0.4, 0.5) is 5.69 Å². The van der Waals surface area contributed by atoms with Crippen molar-refractivity contribution >= 4 is 39.1 Å². The average molecular weight is 382 g/mol. The van der Waals surface area contributed by atoms with Gasteiger partial charge in [-0.2, -0.15) is 0 Å². The fourth-order valence-electron chi connectivity index (χ4n) is 2.65. The van der Waals surface area contributed by atoms with Crippen LogP contribution in [0.1, 0.15) is 29.5 Å². The maximum absolute atomic E-state index is 12.3. The quantitative estimate of drug-likeness (QED) is 0.641. The Morgan fingerprint density at radius 2 is 1.96 bits per heavy atom. The number of amides is 1. The first-order chi connectivity index (χ1) is 12.9. The van der Waals surface area contributed by atoms with Crippen LogP contribution >= 0.6 is 11.3 Å². The number of esters is 1. The normalized spacial score (nSPS) is 12.0. The van der Waals surface area contributed by atoms with Gasteiger partial charge in [0.1, 0.15) is 0 Å². The molecule has 2 aromatic carbocycles. The van der Waals surface area contributed by atoms with E-state index in [2.05, 4.69) is 10.3 Å². The summed E-state index contributed by atoms with van der Waals surface area (Å²) in [5, 5.41) is 3.71. The van der Waals surface area contributed by atoms with Crippen LogP contribution in [-0.4, -0.2) is 23.0 Å². The minimum absolute atomic E-state index is 0.195. The Balaban J connectivity index is 1.52. The highest BCUT2D eigenvalue weighted by Crippen LogP contribution is 2.22. The number of carbonyl (C=O) groups excluding carboxylic acids is 2. The highest BCUT2D eigenvalue weighted by Gasteiger charge is 2.19. The SMILES string of the molecule is Cc1ccc(C)c(NC(=O)C(C)OC(=O)CCc2nc3ccccc3s2)c1. The molecule has 0 aliphatic carbocycles. The van der Waals surface area contributed by atoms with Gasteiger partial charge in [0.15, 0.2) is 6.10 Å². The van der Waals surface area contributed by atoms with Crippen LogP contribution in [0.5, 0.6) is 0 Å². The van der Waals surface area contributed by atoms with Crippen LogP contribution in [0.3, 0.4) is 0 Å². The van der Waals surface area contributed by atoms with Gasteiger partial charge >= 0.3 is 5.97 Å². The van der Waals surface area contributed by atoms with Gasteiger partial charge in [0.2, 0.25) is 0 Å². The molecular weight excluding hydrogens is 360 g/mol. The number of anilines is 1. The van der Waals surface area contributed by atoms with E-state index in [-0.39, 0.29) is 12.3 Å². The molecule has 1 unspecified atom stereocenters. The van der Waals surface area contributed by atoms with Crippen molar-refractivity contribution in [3.05, 3.63) is 58.6 Å². The molecule has 0 saturated carbocycles. The summed E-state index contributed by atoms with van der Waals surface area (Å²) < 4.78 is 6.38. The standard InChI is InChI=1S/C21H22N2O3S/c1-13-8-9-14(2)17(12-13)23-21(25)15(3)26-20(24)11-10-19-22-16-6-4-5-7-18(16)27-19/h4-9,12,15H,10-11H2,1-3H3,(H,23,25). The van der Waals surface area contributed by atoms with Gasteiger partial charge in [-0.25, -0.2) is 4.98 Å². The third kappa shape index (κ3) is 4.92. The van der Waals surface area contributed by atoms with Gasteiger partial charge in [-0.3, -0.25) is 9.59 Å². The number of aryl methyl sites for hydroxylation is 3. The first-order valence-electron chi connectivity index (χ1n) is 8.84. The summed E-state index contributed by atoms with van der Waals surface area (Å²) in [6, 6.07) is 13.7. The second kappa shape index (κ2) is 8.31. The second-order valence-electron chi connectivity index (χ2n) is 6.52. The zero-order valence-electron chi connectivity index (χ0n) is 15.6. The van der Waals surface area contributed by atoms with Crippen LogP contribution in [0.15, 0.2) is 42.5 Å². The van der Waals surface area contributed by atoms with E-state index in [1.54, 1.807) is 18.3 Å². The number of hydrogen-bond acceptors (Lipinski definition) is 5. The fourth-order valence-corrected chi connectivity index (χ4v) is 3.62. The molecular formula is C21H22N2O3S. The van der Waals surface area contributed by atoms with Gasteiger partial charge in [-0.05, 0) is 50.1 Å². The summed E-state index contributed by atoms with van der Waals surface area (Å²) >= 11 is 1.57. The molecule has 0 aliphatic heterocycles. The maximum atomic E-state index is 12.3. The van der Waals surface area contributed by atoms with Gasteiger partial charge in [0, 0.05) is 12.1 Å². The number of ether oxygens (including phenoxy) is 1. The van der Waals surface area contributed by atoms with Crippen LogP contribution in [0, 0.1) is 13.8 Å². The summed E-state index contributed by atoms with van der Waals surface area (Å²) in [5.74, 6) is -0.741. The number of thiazole rings is 1. The molecule has 1 heterocycles.